The molecule has 0 unspecified atom stereocenters. The van der Waals surface area contributed by atoms with Gasteiger partial charge in [0.25, 0.3) is 0 Å². The summed E-state index contributed by atoms with van der Waals surface area (Å²) >= 11 is 0. The maximum absolute atomic E-state index is 12.5. The van der Waals surface area contributed by atoms with Gasteiger partial charge in [-0.2, -0.15) is 5.26 Å². The van der Waals surface area contributed by atoms with Crippen molar-refractivity contribution in [3.05, 3.63) is 357 Å². The molecule has 644 valence electrons. The first-order chi connectivity index (χ1) is 60.8. The van der Waals surface area contributed by atoms with Gasteiger partial charge in [0.2, 0.25) is 40.8 Å². The molecule has 0 aliphatic rings. The van der Waals surface area contributed by atoms with Gasteiger partial charge in [-0.3, -0.25) is 0 Å². The molecule has 0 N–H and O–H groups in total. The van der Waals surface area contributed by atoms with Crippen molar-refractivity contribution >= 4 is 71.6 Å². The van der Waals surface area contributed by atoms with Crippen molar-refractivity contribution in [2.75, 3.05) is 47.9 Å². The van der Waals surface area contributed by atoms with Gasteiger partial charge in [-0.05, 0) is 255 Å². The highest BCUT2D eigenvalue weighted by Gasteiger charge is 2.19. The second kappa shape index (κ2) is 51.0. The molecule has 0 heterocycles. The smallest absolute Gasteiger partial charge is 0.343 e. The van der Waals surface area contributed by atoms with Crippen LogP contribution in [0.1, 0.15) is 78.8 Å². The summed E-state index contributed by atoms with van der Waals surface area (Å²) < 4.78 is 96.9. The topological polar surface area (TPSA) is 404 Å². The van der Waals surface area contributed by atoms with Gasteiger partial charge >= 0.3 is 71.6 Å². The van der Waals surface area contributed by atoms with E-state index in [0.29, 0.717) is 79.6 Å². The molecule has 0 radical (unpaired) electrons. The Bertz CT molecular complexity index is 5330. The van der Waals surface area contributed by atoms with E-state index < -0.39 is 71.6 Å². The summed E-state index contributed by atoms with van der Waals surface area (Å²) in [6.07, 6.45) is 6.16. The highest BCUT2D eigenvalue weighted by molar-refractivity contribution is 5.95. The van der Waals surface area contributed by atoms with Crippen LogP contribution >= 0.6 is 0 Å². The molecule has 0 aromatic heterocycles. The largest absolute Gasteiger partial charge is 0.497 e. The fraction of sp³-hybridized carbons (Fsp3) is 0.0957. The first kappa shape index (κ1) is 95.5. The standard InChI is InChI=1S/2C29H24O10.C18H13NO5.C18H16O6/c2*1-4-26(30)36-17-34-22-10-6-20(7-11-22)28(32)38-24-14-15-25(19(3)16-24)39-29(33)21-8-12-23(13-9-21)35-18-37-27(31)5-2;1-2-17(20)23-12-22-15-9-5-14(6-10-15)18(21)24-16-7-3-13(11-19)4-8-16;1-3-17(19)23-12-22-15-6-4-13(5-7-15)18(20)24-16-10-8-14(21-2)9-11-16/h2*4-16H,1-2,17-18H2,3H3;2-10H,1,12H2;3-11H,1,12H2,2H3. The number of nitrogens with zero attached hydrogens (tertiary/aromatic N) is 1. The van der Waals surface area contributed by atoms with Crippen LogP contribution in [-0.4, -0.2) is 119 Å². The number of nitriles is 1. The molecule has 0 aliphatic carbocycles. The lowest BCUT2D eigenvalue weighted by atomic mass is 10.2. The lowest BCUT2D eigenvalue weighted by molar-refractivity contribution is -0.145. The molecule has 10 aromatic carbocycles. The zero-order valence-corrected chi connectivity index (χ0v) is 67.5. The summed E-state index contributed by atoms with van der Waals surface area (Å²) in [5.74, 6) is -2.10. The Morgan fingerprint density at radius 1 is 0.254 bits per heavy atom. The number of methoxy groups -OCH3 is 1. The molecular weight excluding hydrogens is 1640 g/mol. The minimum absolute atomic E-state index is 0.236. The molecule has 10 rings (SSSR count). The van der Waals surface area contributed by atoms with Crippen LogP contribution in [-0.2, 0) is 57.2 Å². The Morgan fingerprint density at radius 3 is 0.635 bits per heavy atom. The molecule has 0 amide bonds. The van der Waals surface area contributed by atoms with E-state index in [4.69, 9.17) is 85.8 Å². The maximum Gasteiger partial charge on any atom is 0.343 e. The summed E-state index contributed by atoms with van der Waals surface area (Å²) in [5, 5.41) is 8.72. The minimum atomic E-state index is -0.613. The van der Waals surface area contributed by atoms with Crippen LogP contribution < -0.4 is 61.6 Å². The molecule has 0 atom stereocenters. The first-order valence-electron chi connectivity index (χ1n) is 36.6. The molecule has 0 bridgehead atoms. The van der Waals surface area contributed by atoms with Crippen LogP contribution in [0.5, 0.6) is 74.7 Å². The highest BCUT2D eigenvalue weighted by atomic mass is 16.7. The zero-order valence-electron chi connectivity index (χ0n) is 67.5. The molecule has 10 aromatic rings. The molecular formula is C94H77NO31. The van der Waals surface area contributed by atoms with Gasteiger partial charge in [0.15, 0.2) is 0 Å². The molecule has 32 nitrogen and oxygen atoms in total. The van der Waals surface area contributed by atoms with E-state index >= 15 is 0 Å². The number of ether oxygens (including phenoxy) is 19. The minimum Gasteiger partial charge on any atom is -0.497 e. The van der Waals surface area contributed by atoms with Gasteiger partial charge in [0, 0.05) is 36.5 Å². The fourth-order valence-electron chi connectivity index (χ4n) is 9.23. The molecule has 0 fully saturated rings. The summed E-state index contributed by atoms with van der Waals surface area (Å²) in [6, 6.07) is 60.7. The molecule has 0 aliphatic heterocycles. The number of hydrogen-bond acceptors (Lipinski definition) is 32. The van der Waals surface area contributed by atoms with Crippen molar-refractivity contribution in [1.82, 2.24) is 0 Å². The number of aryl methyl sites for hydroxylation is 2. The van der Waals surface area contributed by atoms with E-state index in [1.807, 2.05) is 6.07 Å². The van der Waals surface area contributed by atoms with Crippen molar-refractivity contribution in [2.45, 2.75) is 13.8 Å². The van der Waals surface area contributed by atoms with E-state index in [9.17, 15) is 57.5 Å². The SMILES string of the molecule is C=CC(=O)OCOc1ccc(C(=O)Oc2ccc(C#N)cc2)cc1.C=CC(=O)OCOc1ccc(C(=O)Oc2ccc(OC(=O)c3ccc(OCOC(=O)C=C)cc3)c(C)c2)cc1.C=CC(=O)OCOc1ccc(C(=O)Oc2ccc(OC(=O)c3ccc(OCOC(=O)C=C)cc3)c(C)c2)cc1.C=CC(=O)OCOc1ccc(C(=O)Oc2ccc(OC)cc2)cc1. The third-order valence-electron chi connectivity index (χ3n) is 15.7. The predicted octanol–water partition coefficient (Wildman–Crippen LogP) is 15.0. The van der Waals surface area contributed by atoms with Crippen LogP contribution in [0.15, 0.2) is 306 Å². The number of rotatable bonds is 37. The van der Waals surface area contributed by atoms with Crippen LogP contribution in [0.25, 0.3) is 0 Å². The van der Waals surface area contributed by atoms with E-state index in [1.54, 1.807) is 118 Å². The monoisotopic (exact) mass is 1720 g/mol. The second-order valence-electron chi connectivity index (χ2n) is 24.2. The number of carbonyl (C=O) groups excluding carboxylic acids is 12. The summed E-state index contributed by atoms with van der Waals surface area (Å²) in [5.41, 5.74) is 3.38. The van der Waals surface area contributed by atoms with Crippen LogP contribution in [0.3, 0.4) is 0 Å². The van der Waals surface area contributed by atoms with Gasteiger partial charge < -0.3 is 90.0 Å². The van der Waals surface area contributed by atoms with Gasteiger partial charge in [-0.25, -0.2) is 57.5 Å². The van der Waals surface area contributed by atoms with Gasteiger partial charge in [0.1, 0.15) is 74.7 Å². The number of carbonyl (C=O) groups is 12. The Kier molecular flexibility index (Phi) is 38.6. The van der Waals surface area contributed by atoms with Crippen LogP contribution in [0.2, 0.25) is 0 Å². The Labute approximate surface area is 720 Å². The molecule has 32 heteroatoms. The lowest BCUT2D eigenvalue weighted by Crippen LogP contribution is -2.11. The van der Waals surface area contributed by atoms with Crippen molar-refractivity contribution in [3.63, 3.8) is 0 Å². The average molecular weight is 1720 g/mol. The summed E-state index contributed by atoms with van der Waals surface area (Å²) in [7, 11) is 1.56. The third kappa shape index (κ3) is 33.3. The van der Waals surface area contributed by atoms with Crippen molar-refractivity contribution in [1.29, 1.82) is 5.26 Å². The molecule has 0 saturated carbocycles. The van der Waals surface area contributed by atoms with Gasteiger partial charge in [-0.1, -0.05) is 39.5 Å². The average Bonchev–Trinajstić information content (AvgIpc) is 0.842. The van der Waals surface area contributed by atoms with Crippen molar-refractivity contribution in [2.24, 2.45) is 0 Å². The Balaban J connectivity index is 0.000000236. The predicted molar refractivity (Wildman–Crippen MR) is 446 cm³/mol. The number of hydrogen-bond donors (Lipinski definition) is 0. The van der Waals surface area contributed by atoms with Crippen molar-refractivity contribution in [3.8, 4) is 80.8 Å². The third-order valence-corrected chi connectivity index (χ3v) is 15.7. The van der Waals surface area contributed by atoms with Crippen LogP contribution in [0, 0.1) is 25.2 Å². The lowest BCUT2D eigenvalue weighted by Gasteiger charge is -2.11. The second-order valence-corrected chi connectivity index (χ2v) is 24.2. The normalized spacial score (nSPS) is 9.83. The quantitative estimate of drug-likeness (QED) is 0.0115. The van der Waals surface area contributed by atoms with E-state index in [1.165, 1.54) is 133 Å². The Hall–Kier alpha value is -17.6. The first-order valence-corrected chi connectivity index (χ1v) is 36.6. The fourth-order valence-corrected chi connectivity index (χ4v) is 9.23. The zero-order chi connectivity index (χ0) is 91.1. The molecule has 0 spiro atoms. The number of esters is 12. The van der Waals surface area contributed by atoms with E-state index in [-0.39, 0.29) is 86.0 Å². The number of benzene rings is 10. The van der Waals surface area contributed by atoms with Crippen LogP contribution in [0.4, 0.5) is 0 Å². The Morgan fingerprint density at radius 2 is 0.437 bits per heavy atom. The molecule has 0 saturated heterocycles. The van der Waals surface area contributed by atoms with Gasteiger partial charge in [0.05, 0.1) is 52.1 Å². The van der Waals surface area contributed by atoms with Crippen molar-refractivity contribution < 1.29 is 148 Å². The van der Waals surface area contributed by atoms with E-state index in [2.05, 4.69) is 48.9 Å². The summed E-state index contributed by atoms with van der Waals surface area (Å²) in [6.45, 7) is 21.4. The maximum atomic E-state index is 12.5. The molecule has 126 heavy (non-hydrogen) atoms. The van der Waals surface area contributed by atoms with E-state index in [0.717, 1.165) is 36.5 Å². The van der Waals surface area contributed by atoms with Gasteiger partial charge in [-0.15, -0.1) is 0 Å². The summed E-state index contributed by atoms with van der Waals surface area (Å²) in [4.78, 5) is 140. The highest BCUT2D eigenvalue weighted by Crippen LogP contribution is 2.29.